The van der Waals surface area contributed by atoms with Crippen LogP contribution in [0.3, 0.4) is 0 Å². The molecule has 31 nitrogen and oxygen atoms in total. The number of nitro benzene ring substituents is 3. The zero-order valence-corrected chi connectivity index (χ0v) is 52.5. The summed E-state index contributed by atoms with van der Waals surface area (Å²) in [5.41, 5.74) is 2.57. The average Bonchev–Trinajstić information content (AvgIpc) is 1.70. The van der Waals surface area contributed by atoms with Crippen LogP contribution in [0.2, 0.25) is 0 Å². The standard InChI is InChI=1S/C28H28N6O5S.C15H11NO7.C8H6ClNO5.C8H6INO5/c1-17-9-10-23(29-13-17)22-11-21(22)15-37-25-12-24(30-18(2)31-25)34(14-26-33-32-19(3)40-26)28(36)39-16-38-27(35)20-7-5-4-6-8-20;17-14(11-4-2-1-3-5-11)21-10-22-15(18)23-13-8-6-12(7-9-13)16(19)20;2*9-5-14-8(11)15-7-3-1-6(2-4-7)10(12)13/h4-10,12-13,21-22H,11,14-16H2,1-3H3;1-9H,10H2;2*1-4H,5H2/t21-,22+;;;/m1.../s1. The number of amides is 1. The second-order valence-electron chi connectivity index (χ2n) is 18.3. The first-order valence-electron chi connectivity index (χ1n) is 26.7. The number of halogens is 2. The van der Waals surface area contributed by atoms with Gasteiger partial charge in [-0.05, 0) is 122 Å². The van der Waals surface area contributed by atoms with Crippen molar-refractivity contribution in [2.45, 2.75) is 39.7 Å². The lowest BCUT2D eigenvalue weighted by Crippen LogP contribution is -2.33. The van der Waals surface area contributed by atoms with E-state index in [0.29, 0.717) is 46.3 Å². The lowest BCUT2D eigenvalue weighted by Gasteiger charge is -2.20. The number of nitrogens with zero attached hydrogens (tertiary/aromatic N) is 9. The second kappa shape index (κ2) is 36.6. The fourth-order valence-electron chi connectivity index (χ4n) is 7.23. The Bertz CT molecular complexity index is 3750. The van der Waals surface area contributed by atoms with E-state index < -0.39 is 64.9 Å². The number of aromatic nitrogens is 5. The van der Waals surface area contributed by atoms with Crippen LogP contribution in [0.4, 0.5) is 42.1 Å². The van der Waals surface area contributed by atoms with Crippen molar-refractivity contribution in [3.63, 3.8) is 0 Å². The highest BCUT2D eigenvalue weighted by Crippen LogP contribution is 2.46. The fraction of sp³-hybridized carbons (Fsp3) is 0.203. The molecule has 0 unspecified atom stereocenters. The smallest absolute Gasteiger partial charge is 0.477 e. The van der Waals surface area contributed by atoms with Crippen molar-refractivity contribution in [3.05, 3.63) is 226 Å². The largest absolute Gasteiger partial charge is 0.516 e. The SMILES string of the molecule is Cc1ccc([C@H]2C[C@@H]2COc2cc(N(Cc3nnc(C)s3)C(=O)OCOC(=O)c3ccccc3)nc(C)n2)nc1.O=C(OCCl)Oc1ccc([N+](=O)[O-])cc1.O=C(OCI)Oc1ccc([N+](=O)[O-])cc1.O=C(OCOC(=O)c1ccccc1)Oc1ccc([N+](=O)[O-])cc1. The number of pyridine rings is 1. The van der Waals surface area contributed by atoms with Crippen LogP contribution in [0.25, 0.3) is 0 Å². The number of hydrogen-bond donors (Lipinski definition) is 0. The number of ether oxygens (including phenoxy) is 10. The molecule has 1 fully saturated rings. The van der Waals surface area contributed by atoms with Gasteiger partial charge in [0.2, 0.25) is 19.5 Å². The Morgan fingerprint density at radius 3 is 1.53 bits per heavy atom. The molecule has 0 bridgehead atoms. The molecule has 5 aromatic carbocycles. The number of hydrogen-bond acceptors (Lipinski definition) is 28. The van der Waals surface area contributed by atoms with E-state index in [1.807, 2.05) is 42.6 Å². The minimum atomic E-state index is -1.10. The molecule has 3 heterocycles. The van der Waals surface area contributed by atoms with E-state index in [1.165, 1.54) is 89.0 Å². The Morgan fingerprint density at radius 1 is 0.602 bits per heavy atom. The van der Waals surface area contributed by atoms with Gasteiger partial charge in [0.05, 0.1) is 39.0 Å². The number of carbonyl (C=O) groups is 6. The number of nitro groups is 3. The molecule has 0 N–H and O–H groups in total. The van der Waals surface area contributed by atoms with Crippen molar-refractivity contribution in [3.8, 4) is 23.1 Å². The predicted molar refractivity (Wildman–Crippen MR) is 333 cm³/mol. The van der Waals surface area contributed by atoms with Gasteiger partial charge in [0.1, 0.15) is 43.5 Å². The molecule has 1 saturated carbocycles. The molecule has 0 spiro atoms. The van der Waals surface area contributed by atoms with Crippen LogP contribution in [0.5, 0.6) is 23.1 Å². The van der Waals surface area contributed by atoms with Gasteiger partial charge < -0.3 is 47.4 Å². The van der Waals surface area contributed by atoms with Crippen LogP contribution < -0.4 is 23.8 Å². The third kappa shape index (κ3) is 24.7. The van der Waals surface area contributed by atoms with Crippen LogP contribution in [0, 0.1) is 57.0 Å². The predicted octanol–water partition coefficient (Wildman–Crippen LogP) is 12.5. The number of esters is 2. The Balaban J connectivity index is 0.000000218. The van der Waals surface area contributed by atoms with Gasteiger partial charge in [-0.1, -0.05) is 65.4 Å². The molecule has 0 saturated heterocycles. The van der Waals surface area contributed by atoms with E-state index >= 15 is 0 Å². The van der Waals surface area contributed by atoms with Crippen molar-refractivity contribution in [1.82, 2.24) is 25.1 Å². The second-order valence-corrected chi connectivity index (χ2v) is 20.4. The summed E-state index contributed by atoms with van der Waals surface area (Å²) in [5, 5.41) is 40.6. The van der Waals surface area contributed by atoms with E-state index in [2.05, 4.69) is 56.2 Å². The van der Waals surface area contributed by atoms with Gasteiger partial charge in [-0.3, -0.25) is 40.2 Å². The maximum atomic E-state index is 13.2. The van der Waals surface area contributed by atoms with Gasteiger partial charge in [0, 0.05) is 66.2 Å². The lowest BCUT2D eigenvalue weighted by atomic mass is 10.2. The normalized spacial score (nSPS) is 12.2. The summed E-state index contributed by atoms with van der Waals surface area (Å²) in [7, 11) is 0. The summed E-state index contributed by atoms with van der Waals surface area (Å²) in [4.78, 5) is 114. The number of benzene rings is 5. The molecule has 0 radical (unpaired) electrons. The molecule has 1 aliphatic rings. The fourth-order valence-corrected chi connectivity index (χ4v) is 8.27. The molecular weight excluding hydrogens is 1380 g/mol. The molecule has 0 aliphatic heterocycles. The van der Waals surface area contributed by atoms with E-state index in [9.17, 15) is 59.1 Å². The molecule has 9 rings (SSSR count). The Morgan fingerprint density at radius 2 is 1.09 bits per heavy atom. The summed E-state index contributed by atoms with van der Waals surface area (Å²) in [6.07, 6.45) is -0.799. The van der Waals surface area contributed by atoms with E-state index in [1.54, 1.807) is 73.7 Å². The molecule has 1 aliphatic carbocycles. The Kier molecular flexibility index (Phi) is 27.9. The average molecular weight is 1430 g/mol. The molecular formula is C59H51ClIN9O22S. The lowest BCUT2D eigenvalue weighted by molar-refractivity contribution is -0.385. The van der Waals surface area contributed by atoms with Crippen LogP contribution >= 0.6 is 45.5 Å². The number of aryl methyl sites for hydroxylation is 3. The molecule has 34 heteroatoms. The maximum Gasteiger partial charge on any atom is 0.516 e. The zero-order chi connectivity index (χ0) is 67.2. The van der Waals surface area contributed by atoms with E-state index in [-0.39, 0.29) is 57.4 Å². The highest BCUT2D eigenvalue weighted by atomic mass is 127. The van der Waals surface area contributed by atoms with Crippen molar-refractivity contribution in [2.75, 3.05) is 35.8 Å². The Hall–Kier alpha value is -11.1. The third-order valence-corrected chi connectivity index (χ3v) is 12.9. The topological polar surface area (TPSA) is 392 Å². The quantitative estimate of drug-likeness (QED) is 0.00942. The number of alkyl halides is 2. The van der Waals surface area contributed by atoms with Crippen molar-refractivity contribution in [2.24, 2.45) is 5.92 Å². The first-order chi connectivity index (χ1) is 44.7. The summed E-state index contributed by atoms with van der Waals surface area (Å²) < 4.78 is 48.8. The monoisotopic (exact) mass is 1430 g/mol. The third-order valence-electron chi connectivity index (χ3n) is 11.7. The molecule has 8 aromatic rings. The Labute approximate surface area is 549 Å². The van der Waals surface area contributed by atoms with E-state index in [0.717, 1.165) is 22.7 Å². The van der Waals surface area contributed by atoms with Crippen molar-refractivity contribution < 1.29 is 90.9 Å². The van der Waals surface area contributed by atoms with Gasteiger partial charge in [0.25, 0.3) is 17.1 Å². The number of anilines is 1. The summed E-state index contributed by atoms with van der Waals surface area (Å²) >= 11 is 8.31. The van der Waals surface area contributed by atoms with Gasteiger partial charge in [-0.15, -0.1) is 10.2 Å². The zero-order valence-electron chi connectivity index (χ0n) is 48.8. The molecule has 3 aromatic heterocycles. The van der Waals surface area contributed by atoms with Gasteiger partial charge in [-0.25, -0.2) is 33.8 Å². The molecule has 93 heavy (non-hydrogen) atoms. The molecule has 2 atom stereocenters. The summed E-state index contributed by atoms with van der Waals surface area (Å²) in [5.74, 6) is 0.880. The van der Waals surface area contributed by atoms with Crippen molar-refractivity contribution in [1.29, 1.82) is 0 Å². The maximum absolute atomic E-state index is 13.2. The van der Waals surface area contributed by atoms with Crippen LogP contribution in [0.15, 0.2) is 158 Å². The van der Waals surface area contributed by atoms with Crippen LogP contribution in [-0.4, -0.2) is 107 Å². The number of rotatable bonds is 21. The van der Waals surface area contributed by atoms with Crippen LogP contribution in [0.1, 0.15) is 60.2 Å². The van der Waals surface area contributed by atoms with Crippen LogP contribution in [-0.2, 0) is 35.0 Å². The number of non-ortho nitro benzene ring substituents is 3. The van der Waals surface area contributed by atoms with Gasteiger partial charge in [-0.2, -0.15) is 4.98 Å². The summed E-state index contributed by atoms with van der Waals surface area (Å²) in [6, 6.07) is 37.0. The molecule has 1 amide bonds. The molecule has 484 valence electrons. The van der Waals surface area contributed by atoms with E-state index in [4.69, 9.17) is 40.0 Å². The minimum Gasteiger partial charge on any atom is -0.477 e. The number of carbonyl (C=O) groups excluding carboxylic acids is 6. The first-order valence-corrected chi connectivity index (χ1v) is 29.5. The highest BCUT2D eigenvalue weighted by Gasteiger charge is 2.40. The van der Waals surface area contributed by atoms with Crippen molar-refractivity contribution >= 4 is 105 Å². The first kappa shape index (κ1) is 71.0. The highest BCUT2D eigenvalue weighted by molar-refractivity contribution is 14.1. The summed E-state index contributed by atoms with van der Waals surface area (Å²) in [6.45, 7) is 4.89. The van der Waals surface area contributed by atoms with Gasteiger partial charge in [0.15, 0.2) is 6.07 Å². The van der Waals surface area contributed by atoms with Gasteiger partial charge >= 0.3 is 36.5 Å². The minimum absolute atomic E-state index is 0.0522.